The van der Waals surface area contributed by atoms with Gasteiger partial charge in [0.25, 0.3) is 5.91 Å². The van der Waals surface area contributed by atoms with Gasteiger partial charge in [-0.3, -0.25) is 4.79 Å². The van der Waals surface area contributed by atoms with Gasteiger partial charge in [-0.2, -0.15) is 0 Å². The van der Waals surface area contributed by atoms with Crippen LogP contribution in [-0.2, 0) is 14.8 Å². The molecule has 3 aromatic rings. The fourth-order valence-electron chi connectivity index (χ4n) is 2.85. The van der Waals surface area contributed by atoms with E-state index in [1.807, 2.05) is 24.3 Å². The standard InChI is InChI=1S/C21H21ClN2O5S/c1-24(2)30(26,27)14-8-10-20(28-3)18(12-14)23-21(25)13-29-19-11-9-17(22)15-6-4-5-7-16(15)19/h4-12H,13H2,1-3H3,(H,23,25). The number of nitrogens with one attached hydrogen (secondary N) is 1. The number of nitrogens with zero attached hydrogens (tertiary/aromatic N) is 1. The molecule has 158 valence electrons. The highest BCUT2D eigenvalue weighted by Gasteiger charge is 2.20. The van der Waals surface area contributed by atoms with Crippen molar-refractivity contribution in [3.05, 3.63) is 59.6 Å². The second-order valence-corrected chi connectivity index (χ2v) is 9.14. The summed E-state index contributed by atoms with van der Waals surface area (Å²) < 4.78 is 36.7. The zero-order valence-electron chi connectivity index (χ0n) is 16.7. The van der Waals surface area contributed by atoms with Crippen molar-refractivity contribution in [1.29, 1.82) is 0 Å². The molecular formula is C21H21ClN2O5S. The monoisotopic (exact) mass is 448 g/mol. The topological polar surface area (TPSA) is 84.9 Å². The molecule has 0 aromatic heterocycles. The Hall–Kier alpha value is -2.81. The third-order valence-corrected chi connectivity index (χ3v) is 6.55. The zero-order valence-corrected chi connectivity index (χ0v) is 18.3. The number of hydrogen-bond donors (Lipinski definition) is 1. The minimum absolute atomic E-state index is 0.0354. The molecule has 30 heavy (non-hydrogen) atoms. The van der Waals surface area contributed by atoms with Crippen LogP contribution >= 0.6 is 11.6 Å². The average molecular weight is 449 g/mol. The number of ether oxygens (including phenoxy) is 2. The van der Waals surface area contributed by atoms with E-state index < -0.39 is 15.9 Å². The predicted molar refractivity (Wildman–Crippen MR) is 117 cm³/mol. The molecule has 0 atom stereocenters. The third-order valence-electron chi connectivity index (χ3n) is 4.41. The normalized spacial score (nSPS) is 11.5. The number of fused-ring (bicyclic) bond motifs is 1. The number of halogens is 1. The number of benzene rings is 3. The lowest BCUT2D eigenvalue weighted by molar-refractivity contribution is -0.118. The fourth-order valence-corrected chi connectivity index (χ4v) is 4.00. The number of methoxy groups -OCH3 is 1. The minimum Gasteiger partial charge on any atom is -0.495 e. The summed E-state index contributed by atoms with van der Waals surface area (Å²) in [5.41, 5.74) is 0.231. The van der Waals surface area contributed by atoms with Crippen LogP contribution in [0, 0.1) is 0 Å². The van der Waals surface area contributed by atoms with Gasteiger partial charge in [0.15, 0.2) is 6.61 Å². The molecule has 0 heterocycles. The van der Waals surface area contributed by atoms with Crippen molar-refractivity contribution in [2.24, 2.45) is 0 Å². The van der Waals surface area contributed by atoms with Gasteiger partial charge in [0.1, 0.15) is 11.5 Å². The number of carbonyl (C=O) groups is 1. The number of carbonyl (C=O) groups excluding carboxylic acids is 1. The average Bonchev–Trinajstić information content (AvgIpc) is 2.73. The van der Waals surface area contributed by atoms with Gasteiger partial charge in [0.05, 0.1) is 17.7 Å². The van der Waals surface area contributed by atoms with Crippen molar-refractivity contribution in [3.63, 3.8) is 0 Å². The lowest BCUT2D eigenvalue weighted by atomic mass is 10.1. The van der Waals surface area contributed by atoms with Crippen LogP contribution in [-0.4, -0.2) is 46.4 Å². The second-order valence-electron chi connectivity index (χ2n) is 6.58. The quantitative estimate of drug-likeness (QED) is 0.594. The largest absolute Gasteiger partial charge is 0.495 e. The Bertz CT molecular complexity index is 1200. The van der Waals surface area contributed by atoms with Gasteiger partial charge in [0, 0.05) is 29.9 Å². The van der Waals surface area contributed by atoms with E-state index in [2.05, 4.69) is 5.32 Å². The van der Waals surface area contributed by atoms with E-state index in [4.69, 9.17) is 21.1 Å². The third kappa shape index (κ3) is 4.51. The highest BCUT2D eigenvalue weighted by molar-refractivity contribution is 7.89. The Morgan fingerprint density at radius 3 is 2.37 bits per heavy atom. The zero-order chi connectivity index (χ0) is 21.9. The van der Waals surface area contributed by atoms with E-state index >= 15 is 0 Å². The Labute approximate surface area is 180 Å². The molecule has 0 unspecified atom stereocenters. The lowest BCUT2D eigenvalue weighted by Gasteiger charge is -2.15. The molecule has 3 rings (SSSR count). The Balaban J connectivity index is 1.79. The van der Waals surface area contributed by atoms with Crippen LogP contribution in [0.2, 0.25) is 5.02 Å². The van der Waals surface area contributed by atoms with Gasteiger partial charge >= 0.3 is 0 Å². The summed E-state index contributed by atoms with van der Waals surface area (Å²) in [5, 5.41) is 4.84. The molecule has 0 saturated heterocycles. The first-order valence-electron chi connectivity index (χ1n) is 8.94. The molecule has 3 aromatic carbocycles. The van der Waals surface area contributed by atoms with Crippen LogP contribution in [0.5, 0.6) is 11.5 Å². The summed E-state index contributed by atoms with van der Waals surface area (Å²) >= 11 is 6.20. The molecule has 0 bridgehead atoms. The maximum absolute atomic E-state index is 12.5. The van der Waals surface area contributed by atoms with Crippen molar-refractivity contribution in [1.82, 2.24) is 4.31 Å². The Morgan fingerprint density at radius 2 is 1.70 bits per heavy atom. The maximum Gasteiger partial charge on any atom is 0.262 e. The second kappa shape index (κ2) is 8.91. The molecule has 0 spiro atoms. The number of sulfonamides is 1. The first kappa shape index (κ1) is 21.9. The number of hydrogen-bond acceptors (Lipinski definition) is 5. The van der Waals surface area contributed by atoms with Crippen LogP contribution in [0.3, 0.4) is 0 Å². The molecule has 1 amide bonds. The van der Waals surface area contributed by atoms with Crippen LogP contribution in [0.1, 0.15) is 0 Å². The van der Waals surface area contributed by atoms with Crippen molar-refractivity contribution in [2.45, 2.75) is 4.90 Å². The SMILES string of the molecule is COc1ccc(S(=O)(=O)N(C)C)cc1NC(=O)COc1ccc(Cl)c2ccccc12. The molecule has 7 nitrogen and oxygen atoms in total. The highest BCUT2D eigenvalue weighted by atomic mass is 35.5. The lowest BCUT2D eigenvalue weighted by Crippen LogP contribution is -2.23. The Morgan fingerprint density at radius 1 is 1.03 bits per heavy atom. The molecule has 9 heteroatoms. The molecule has 0 fully saturated rings. The molecule has 0 aliphatic rings. The number of amides is 1. The van der Waals surface area contributed by atoms with Crippen molar-refractivity contribution >= 4 is 44.0 Å². The molecular weight excluding hydrogens is 428 g/mol. The van der Waals surface area contributed by atoms with Crippen molar-refractivity contribution in [2.75, 3.05) is 33.1 Å². The molecule has 0 aliphatic carbocycles. The predicted octanol–water partition coefficient (Wildman–Crippen LogP) is 3.77. The van der Waals surface area contributed by atoms with Gasteiger partial charge in [-0.15, -0.1) is 0 Å². The van der Waals surface area contributed by atoms with E-state index in [0.717, 1.165) is 15.1 Å². The summed E-state index contributed by atoms with van der Waals surface area (Å²) in [6.07, 6.45) is 0. The molecule has 0 aliphatic heterocycles. The van der Waals surface area contributed by atoms with Crippen LogP contribution in [0.4, 0.5) is 5.69 Å². The summed E-state index contributed by atoms with van der Waals surface area (Å²) in [5.74, 6) is 0.380. The first-order chi connectivity index (χ1) is 14.2. The van der Waals surface area contributed by atoms with Crippen molar-refractivity contribution < 1.29 is 22.7 Å². The highest BCUT2D eigenvalue weighted by Crippen LogP contribution is 2.32. The van der Waals surface area contributed by atoms with Gasteiger partial charge in [0.2, 0.25) is 10.0 Å². The molecule has 1 N–H and O–H groups in total. The smallest absolute Gasteiger partial charge is 0.262 e. The summed E-state index contributed by atoms with van der Waals surface area (Å²) in [6.45, 7) is -0.278. The molecule has 0 radical (unpaired) electrons. The summed E-state index contributed by atoms with van der Waals surface area (Å²) in [6, 6.07) is 15.1. The minimum atomic E-state index is -3.66. The maximum atomic E-state index is 12.5. The summed E-state index contributed by atoms with van der Waals surface area (Å²) in [4.78, 5) is 12.5. The van der Waals surface area contributed by atoms with Crippen molar-refractivity contribution in [3.8, 4) is 11.5 Å². The Kier molecular flexibility index (Phi) is 6.50. The first-order valence-corrected chi connectivity index (χ1v) is 10.8. The van der Waals surface area contributed by atoms with E-state index in [1.165, 1.54) is 39.4 Å². The number of rotatable bonds is 7. The van der Waals surface area contributed by atoms with Crippen LogP contribution in [0.25, 0.3) is 10.8 Å². The van der Waals surface area contributed by atoms with Gasteiger partial charge in [-0.1, -0.05) is 35.9 Å². The summed E-state index contributed by atoms with van der Waals surface area (Å²) in [7, 11) is 0.636. The van der Waals surface area contributed by atoms with E-state index in [1.54, 1.807) is 12.1 Å². The van der Waals surface area contributed by atoms with E-state index in [-0.39, 0.29) is 17.2 Å². The van der Waals surface area contributed by atoms with Gasteiger partial charge in [-0.05, 0) is 30.3 Å². The number of anilines is 1. The van der Waals surface area contributed by atoms with Gasteiger partial charge < -0.3 is 14.8 Å². The van der Waals surface area contributed by atoms with E-state index in [9.17, 15) is 13.2 Å². The van der Waals surface area contributed by atoms with E-state index in [0.29, 0.717) is 16.5 Å². The molecule has 0 saturated carbocycles. The van der Waals surface area contributed by atoms with Crippen LogP contribution in [0.15, 0.2) is 59.5 Å². The van der Waals surface area contributed by atoms with Gasteiger partial charge in [-0.25, -0.2) is 12.7 Å². The fraction of sp³-hybridized carbons (Fsp3) is 0.190. The van der Waals surface area contributed by atoms with Crippen LogP contribution < -0.4 is 14.8 Å².